The van der Waals surface area contributed by atoms with Crippen molar-refractivity contribution in [3.8, 4) is 0 Å². The molecule has 0 saturated heterocycles. The lowest BCUT2D eigenvalue weighted by Gasteiger charge is -2.12. The Kier molecular flexibility index (Phi) is 29.6. The standard InChI is InChI=1S/C63H78ClN23S6/c1-5-88-59-72-42(4)71-48(78-59)26-16-36-66-54-73-45(40-53(83-54)91-41-43-30-32-44(64)33-31-43)20-15-35-67-57-76-51(81-62(86-57)92-46-21-10-8-11-22-46)28-19-38-69-56-75-50(80-61(85-56)90-7-3)27-17-39-70-58-77-52(82-63(87-58)93-47-23-12-9-13-24-47)29-18-37-68-55-74-49(25-14-34-65)79-60(84-55)89-6-2/h8-13,21-24,30-33,40H,5-7,14-20,25-29,34-39,41,65H2,1-4H3,(H,66,73,83)(H,67,76,81,86)(H,68,74,79,84)(H,69,75,80,85)(H,70,77,82,87). The Bertz CT molecular complexity index is 3720. The second kappa shape index (κ2) is 39.1. The Morgan fingerprint density at radius 3 is 1.18 bits per heavy atom. The summed E-state index contributed by atoms with van der Waals surface area (Å²) in [6.45, 7) is 11.9. The molecule has 0 bridgehead atoms. The lowest BCUT2D eigenvalue weighted by atomic mass is 10.2. The molecule has 23 nitrogen and oxygen atoms in total. The summed E-state index contributed by atoms with van der Waals surface area (Å²) in [6.07, 6.45) is 8.61. The second-order valence-electron chi connectivity index (χ2n) is 20.6. The highest BCUT2D eigenvalue weighted by Crippen LogP contribution is 2.28. The van der Waals surface area contributed by atoms with Crippen LogP contribution in [-0.4, -0.2) is 141 Å². The molecule has 7 N–H and O–H groups in total. The van der Waals surface area contributed by atoms with Gasteiger partial charge in [-0.2, -0.15) is 39.9 Å². The number of rotatable bonds is 41. The Labute approximate surface area is 574 Å². The molecule has 0 amide bonds. The molecule has 0 spiro atoms. The summed E-state index contributed by atoms with van der Waals surface area (Å²) in [6, 6.07) is 30.3. The highest BCUT2D eigenvalue weighted by Gasteiger charge is 2.15. The second-order valence-corrected chi connectivity index (χ2v) is 27.8. The highest BCUT2D eigenvalue weighted by molar-refractivity contribution is 8.00. The quantitative estimate of drug-likeness (QED) is 0.0118. The van der Waals surface area contributed by atoms with E-state index in [1.165, 1.54) is 23.5 Å². The number of aryl methyl sites for hydroxylation is 7. The van der Waals surface area contributed by atoms with E-state index in [0.29, 0.717) is 151 Å². The largest absolute Gasteiger partial charge is 0.354 e. The summed E-state index contributed by atoms with van der Waals surface area (Å²) in [7, 11) is 0. The zero-order chi connectivity index (χ0) is 64.7. The van der Waals surface area contributed by atoms with Gasteiger partial charge in [0.25, 0.3) is 0 Å². The fourth-order valence-electron chi connectivity index (χ4n) is 8.85. The minimum Gasteiger partial charge on any atom is -0.354 e. The Balaban J connectivity index is 0.782. The van der Waals surface area contributed by atoms with E-state index in [1.54, 1.807) is 47.0 Å². The molecule has 6 heterocycles. The maximum atomic E-state index is 6.20. The summed E-state index contributed by atoms with van der Waals surface area (Å²) in [5.74, 6) is 10.5. The van der Waals surface area contributed by atoms with Crippen LogP contribution >= 0.6 is 82.2 Å². The number of anilines is 5. The van der Waals surface area contributed by atoms with E-state index in [2.05, 4.69) is 95.5 Å². The first-order chi connectivity index (χ1) is 45.6. The summed E-state index contributed by atoms with van der Waals surface area (Å²) in [5.41, 5.74) is 7.87. The number of aromatic nitrogens is 17. The maximum absolute atomic E-state index is 6.20. The van der Waals surface area contributed by atoms with Crippen molar-refractivity contribution in [2.24, 2.45) is 5.73 Å². The van der Waals surface area contributed by atoms with Gasteiger partial charge in [0.05, 0.1) is 0 Å². The zero-order valence-electron chi connectivity index (χ0n) is 52.7. The van der Waals surface area contributed by atoms with Crippen molar-refractivity contribution < 1.29 is 0 Å². The van der Waals surface area contributed by atoms with E-state index in [9.17, 15) is 0 Å². The monoisotopic (exact) mass is 1380 g/mol. The molecule has 3 aromatic carbocycles. The average Bonchev–Trinajstić information content (AvgIpc) is 2.51. The van der Waals surface area contributed by atoms with Crippen molar-refractivity contribution in [1.82, 2.24) is 84.7 Å². The third kappa shape index (κ3) is 25.4. The Morgan fingerprint density at radius 2 is 0.753 bits per heavy atom. The van der Waals surface area contributed by atoms with Crippen LogP contribution in [0.4, 0.5) is 29.7 Å². The molecule has 30 heteroatoms. The van der Waals surface area contributed by atoms with E-state index < -0.39 is 0 Å². The van der Waals surface area contributed by atoms with Gasteiger partial charge in [0, 0.05) is 91.1 Å². The van der Waals surface area contributed by atoms with E-state index in [4.69, 9.17) is 72.2 Å². The van der Waals surface area contributed by atoms with Gasteiger partial charge in [0.1, 0.15) is 40.0 Å². The highest BCUT2D eigenvalue weighted by atomic mass is 35.5. The predicted octanol–water partition coefficient (Wildman–Crippen LogP) is 12.4. The molecule has 488 valence electrons. The molecular formula is C63H78ClN23S6. The summed E-state index contributed by atoms with van der Waals surface area (Å²) < 4.78 is 0. The minimum atomic E-state index is 0.523. The molecule has 0 aliphatic carbocycles. The van der Waals surface area contributed by atoms with Crippen molar-refractivity contribution in [2.75, 3.05) is 83.1 Å². The number of halogens is 1. The van der Waals surface area contributed by atoms with Gasteiger partial charge in [-0.05, 0) is 147 Å². The molecule has 93 heavy (non-hydrogen) atoms. The fourth-order valence-corrected chi connectivity index (χ4v) is 13.2. The summed E-state index contributed by atoms with van der Waals surface area (Å²) in [5, 5.41) is 22.3. The lowest BCUT2D eigenvalue weighted by molar-refractivity contribution is 0.722. The van der Waals surface area contributed by atoms with Gasteiger partial charge in [-0.15, -0.1) is 11.8 Å². The van der Waals surface area contributed by atoms with E-state index in [0.717, 1.165) is 110 Å². The van der Waals surface area contributed by atoms with Crippen molar-refractivity contribution >= 4 is 112 Å². The van der Waals surface area contributed by atoms with Gasteiger partial charge in [-0.25, -0.2) is 44.9 Å². The number of hydrogen-bond acceptors (Lipinski definition) is 29. The molecule has 0 aliphatic heterocycles. The third-order valence-corrected chi connectivity index (χ3v) is 18.3. The van der Waals surface area contributed by atoms with Crippen LogP contribution in [0.15, 0.2) is 132 Å². The van der Waals surface area contributed by atoms with Crippen LogP contribution in [0.25, 0.3) is 0 Å². The van der Waals surface area contributed by atoms with Gasteiger partial charge in [0.15, 0.2) is 25.8 Å². The molecule has 9 aromatic rings. The van der Waals surface area contributed by atoms with Gasteiger partial charge >= 0.3 is 0 Å². The van der Waals surface area contributed by atoms with Crippen LogP contribution in [0, 0.1) is 6.92 Å². The topological polar surface area (TPSA) is 305 Å². The zero-order valence-corrected chi connectivity index (χ0v) is 58.4. The molecule has 0 radical (unpaired) electrons. The molecule has 0 saturated carbocycles. The van der Waals surface area contributed by atoms with Crippen molar-refractivity contribution in [2.45, 2.75) is 151 Å². The van der Waals surface area contributed by atoms with Crippen LogP contribution in [0.3, 0.4) is 0 Å². The summed E-state index contributed by atoms with van der Waals surface area (Å²) >= 11 is 15.7. The van der Waals surface area contributed by atoms with Gasteiger partial charge < -0.3 is 32.3 Å². The smallest absolute Gasteiger partial charge is 0.226 e. The number of hydrogen-bond donors (Lipinski definition) is 6. The third-order valence-electron chi connectivity index (χ3n) is 13.1. The SMILES string of the molecule is CCSc1nc(C)nc(CCCNc2nc(CCCNc3nc(CCCNc4nc(CCCNc5nc(CCCNc6nc(CCCN)nc(SCC)n6)nc(Sc6ccccc6)n5)nc(SCC)n4)nc(Sc4ccccc4)n3)cc(SCc3ccc(Cl)cc3)n2)n1. The van der Waals surface area contributed by atoms with E-state index in [-0.39, 0.29) is 0 Å². The molecule has 0 fully saturated rings. The fraction of sp³-hybridized carbons (Fsp3) is 0.413. The van der Waals surface area contributed by atoms with Crippen molar-refractivity contribution in [1.29, 1.82) is 0 Å². The van der Waals surface area contributed by atoms with E-state index in [1.807, 2.05) is 79.7 Å². The van der Waals surface area contributed by atoms with Crippen LogP contribution in [0.2, 0.25) is 5.02 Å². The van der Waals surface area contributed by atoms with Crippen molar-refractivity contribution in [3.05, 3.63) is 142 Å². The van der Waals surface area contributed by atoms with E-state index >= 15 is 0 Å². The van der Waals surface area contributed by atoms with Gasteiger partial charge in [-0.3, -0.25) is 0 Å². The first-order valence-corrected chi connectivity index (χ1v) is 37.3. The maximum Gasteiger partial charge on any atom is 0.226 e. The predicted molar refractivity (Wildman–Crippen MR) is 379 cm³/mol. The first-order valence-electron chi connectivity index (χ1n) is 31.3. The average molecular weight is 1390 g/mol. The van der Waals surface area contributed by atoms with Crippen LogP contribution in [0.1, 0.15) is 105 Å². The van der Waals surface area contributed by atoms with Crippen LogP contribution in [-0.2, 0) is 44.3 Å². The van der Waals surface area contributed by atoms with Gasteiger partial charge in [-0.1, -0.05) is 116 Å². The van der Waals surface area contributed by atoms with Crippen LogP contribution < -0.4 is 32.3 Å². The summed E-state index contributed by atoms with van der Waals surface area (Å²) in [4.78, 5) is 83.2. The first kappa shape index (κ1) is 70.5. The molecule has 0 atom stereocenters. The Morgan fingerprint density at radius 1 is 0.376 bits per heavy atom. The lowest BCUT2D eigenvalue weighted by Crippen LogP contribution is -2.14. The molecule has 9 rings (SSSR count). The number of nitrogens with zero attached hydrogens (tertiary/aromatic N) is 17. The van der Waals surface area contributed by atoms with Gasteiger partial charge in [0.2, 0.25) is 29.7 Å². The number of nitrogens with two attached hydrogens (primary N) is 1. The molecule has 0 aliphatic rings. The molecular weight excluding hydrogens is 1310 g/mol. The van der Waals surface area contributed by atoms with Crippen LogP contribution in [0.5, 0.6) is 0 Å². The molecule has 6 aromatic heterocycles. The normalized spacial score (nSPS) is 11.2. The minimum absolute atomic E-state index is 0.523. The molecule has 0 unspecified atom stereocenters. The van der Waals surface area contributed by atoms with Crippen molar-refractivity contribution in [3.63, 3.8) is 0 Å². The number of benzene rings is 3. The Hall–Kier alpha value is -6.86. The number of thioether (sulfide) groups is 4. The number of nitrogens with one attached hydrogen (secondary N) is 5.